The Morgan fingerprint density at radius 3 is 2.25 bits per heavy atom. The molecule has 0 aromatic heterocycles. The summed E-state index contributed by atoms with van der Waals surface area (Å²) >= 11 is 0. The summed E-state index contributed by atoms with van der Waals surface area (Å²) in [6, 6.07) is 13.4. The van der Waals surface area contributed by atoms with Gasteiger partial charge in [-0.1, -0.05) is 36.4 Å². The molecule has 5 heteroatoms. The molecule has 3 nitrogen and oxygen atoms in total. The molecule has 1 heterocycles. The molecule has 24 heavy (non-hydrogen) atoms. The van der Waals surface area contributed by atoms with E-state index in [-0.39, 0.29) is 5.69 Å². The molecular formula is C19H20F2N2O. The number of urea groups is 1. The predicted molar refractivity (Wildman–Crippen MR) is 89.8 cm³/mol. The van der Waals surface area contributed by atoms with Gasteiger partial charge < -0.3 is 10.2 Å². The molecule has 1 fully saturated rings. The van der Waals surface area contributed by atoms with E-state index in [9.17, 15) is 13.6 Å². The number of rotatable bonds is 3. The number of carbonyl (C=O) groups is 1. The number of amides is 2. The normalized spacial score (nSPS) is 15.3. The summed E-state index contributed by atoms with van der Waals surface area (Å²) in [5.74, 6) is -0.994. The zero-order valence-corrected chi connectivity index (χ0v) is 13.3. The average Bonchev–Trinajstić information content (AvgIpc) is 2.60. The number of carbonyl (C=O) groups excluding carboxylic acids is 1. The van der Waals surface area contributed by atoms with Crippen LogP contribution in [0.2, 0.25) is 0 Å². The van der Waals surface area contributed by atoms with Crippen LogP contribution < -0.4 is 5.32 Å². The van der Waals surface area contributed by atoms with Gasteiger partial charge >= 0.3 is 6.03 Å². The molecule has 0 spiro atoms. The highest BCUT2D eigenvalue weighted by molar-refractivity contribution is 5.89. The van der Waals surface area contributed by atoms with Crippen molar-refractivity contribution in [2.24, 2.45) is 5.92 Å². The van der Waals surface area contributed by atoms with Gasteiger partial charge in [-0.15, -0.1) is 0 Å². The smallest absolute Gasteiger partial charge is 0.322 e. The monoisotopic (exact) mass is 330 g/mol. The Morgan fingerprint density at radius 2 is 1.62 bits per heavy atom. The van der Waals surface area contributed by atoms with Gasteiger partial charge in [0.25, 0.3) is 0 Å². The first kappa shape index (κ1) is 16.4. The van der Waals surface area contributed by atoms with Gasteiger partial charge in [0.2, 0.25) is 0 Å². The Labute approximate surface area is 140 Å². The lowest BCUT2D eigenvalue weighted by Crippen LogP contribution is -2.41. The maximum absolute atomic E-state index is 13.6. The molecule has 1 aliphatic rings. The van der Waals surface area contributed by atoms with E-state index in [0.717, 1.165) is 31.4 Å². The molecule has 3 rings (SSSR count). The van der Waals surface area contributed by atoms with E-state index < -0.39 is 17.7 Å². The van der Waals surface area contributed by atoms with Gasteiger partial charge in [-0.3, -0.25) is 0 Å². The first-order chi connectivity index (χ1) is 11.6. The number of hydrogen-bond donors (Lipinski definition) is 1. The fourth-order valence-corrected chi connectivity index (χ4v) is 3.09. The van der Waals surface area contributed by atoms with Crippen molar-refractivity contribution in [3.05, 3.63) is 65.7 Å². The second kappa shape index (κ2) is 7.43. The molecule has 1 N–H and O–H groups in total. The Kier molecular flexibility index (Phi) is 5.08. The van der Waals surface area contributed by atoms with Crippen LogP contribution in [0.1, 0.15) is 18.4 Å². The van der Waals surface area contributed by atoms with E-state index in [4.69, 9.17) is 0 Å². The van der Waals surface area contributed by atoms with Gasteiger partial charge in [-0.2, -0.15) is 0 Å². The molecular weight excluding hydrogens is 310 g/mol. The second-order valence-electron chi connectivity index (χ2n) is 6.15. The highest BCUT2D eigenvalue weighted by Gasteiger charge is 2.24. The van der Waals surface area contributed by atoms with Crippen LogP contribution in [0.25, 0.3) is 0 Å². The Morgan fingerprint density at radius 1 is 1.00 bits per heavy atom. The van der Waals surface area contributed by atoms with Crippen molar-refractivity contribution in [2.75, 3.05) is 18.4 Å². The number of likely N-dealkylation sites (tertiary alicyclic amines) is 1. The number of piperidine rings is 1. The molecule has 0 radical (unpaired) electrons. The van der Waals surface area contributed by atoms with Crippen LogP contribution in [0.5, 0.6) is 0 Å². The van der Waals surface area contributed by atoms with Gasteiger partial charge in [-0.25, -0.2) is 13.6 Å². The molecule has 0 unspecified atom stereocenters. The number of benzene rings is 2. The molecule has 1 saturated heterocycles. The molecule has 0 aliphatic carbocycles. The van der Waals surface area contributed by atoms with Crippen molar-refractivity contribution >= 4 is 11.7 Å². The van der Waals surface area contributed by atoms with Crippen molar-refractivity contribution in [2.45, 2.75) is 19.3 Å². The Bertz CT molecular complexity index is 678. The topological polar surface area (TPSA) is 32.3 Å². The Hall–Kier alpha value is -2.43. The summed E-state index contributed by atoms with van der Waals surface area (Å²) in [6.45, 7) is 1.19. The zero-order valence-electron chi connectivity index (χ0n) is 13.3. The number of anilines is 1. The van der Waals surface area contributed by atoms with Crippen LogP contribution in [-0.2, 0) is 6.42 Å². The highest BCUT2D eigenvalue weighted by atomic mass is 19.1. The summed E-state index contributed by atoms with van der Waals surface area (Å²) < 4.78 is 27.2. The van der Waals surface area contributed by atoms with Gasteiger partial charge in [0, 0.05) is 13.1 Å². The Balaban J connectivity index is 1.54. The standard InChI is InChI=1S/C19H20F2N2O/c20-16-7-4-8-17(21)18(16)22-19(24)23-11-9-15(10-12-23)13-14-5-2-1-3-6-14/h1-8,15H,9-13H2,(H,22,24). The lowest BCUT2D eigenvalue weighted by molar-refractivity contribution is 0.182. The molecule has 126 valence electrons. The van der Waals surface area contributed by atoms with Crippen molar-refractivity contribution in [3.8, 4) is 0 Å². The first-order valence-electron chi connectivity index (χ1n) is 8.17. The third-order valence-corrected chi connectivity index (χ3v) is 4.46. The van der Waals surface area contributed by atoms with Crippen molar-refractivity contribution in [1.82, 2.24) is 4.90 Å². The molecule has 2 aromatic rings. The zero-order chi connectivity index (χ0) is 16.9. The minimum atomic E-state index is -0.762. The molecule has 2 aromatic carbocycles. The SMILES string of the molecule is O=C(Nc1c(F)cccc1F)N1CCC(Cc2ccccc2)CC1. The van der Waals surface area contributed by atoms with E-state index in [1.165, 1.54) is 11.6 Å². The molecule has 2 amide bonds. The average molecular weight is 330 g/mol. The van der Waals surface area contributed by atoms with E-state index in [1.54, 1.807) is 4.90 Å². The summed E-state index contributed by atoms with van der Waals surface area (Å²) in [4.78, 5) is 13.8. The third kappa shape index (κ3) is 3.91. The fourth-order valence-electron chi connectivity index (χ4n) is 3.09. The lowest BCUT2D eigenvalue weighted by Gasteiger charge is -2.32. The minimum absolute atomic E-state index is 0.381. The van der Waals surface area contributed by atoms with E-state index in [2.05, 4.69) is 17.4 Å². The number of nitrogens with one attached hydrogen (secondary N) is 1. The minimum Gasteiger partial charge on any atom is -0.325 e. The number of halogens is 2. The van der Waals surface area contributed by atoms with Crippen molar-refractivity contribution in [1.29, 1.82) is 0 Å². The van der Waals surface area contributed by atoms with Gasteiger partial charge in [-0.05, 0) is 42.9 Å². The highest BCUT2D eigenvalue weighted by Crippen LogP contribution is 2.23. The maximum atomic E-state index is 13.6. The van der Waals surface area contributed by atoms with Gasteiger partial charge in [0.1, 0.15) is 17.3 Å². The summed E-state index contributed by atoms with van der Waals surface area (Å²) in [5, 5.41) is 2.35. The van der Waals surface area contributed by atoms with Crippen LogP contribution in [-0.4, -0.2) is 24.0 Å². The lowest BCUT2D eigenvalue weighted by atomic mass is 9.90. The molecule has 0 atom stereocenters. The van der Waals surface area contributed by atoms with Crippen LogP contribution in [0, 0.1) is 17.6 Å². The van der Waals surface area contributed by atoms with Crippen molar-refractivity contribution < 1.29 is 13.6 Å². The summed E-state index contributed by atoms with van der Waals surface area (Å²) in [7, 11) is 0. The molecule has 0 bridgehead atoms. The third-order valence-electron chi connectivity index (χ3n) is 4.46. The quantitative estimate of drug-likeness (QED) is 0.886. The first-order valence-corrected chi connectivity index (χ1v) is 8.17. The summed E-state index contributed by atoms with van der Waals surface area (Å²) in [6.07, 6.45) is 2.78. The largest absolute Gasteiger partial charge is 0.325 e. The predicted octanol–water partition coefficient (Wildman–Crippen LogP) is 4.45. The molecule has 1 aliphatic heterocycles. The number of para-hydroxylation sites is 1. The number of nitrogens with zero attached hydrogens (tertiary/aromatic N) is 1. The molecule has 0 saturated carbocycles. The number of hydrogen-bond acceptors (Lipinski definition) is 1. The van der Waals surface area contributed by atoms with E-state index in [0.29, 0.717) is 19.0 Å². The van der Waals surface area contributed by atoms with Crippen LogP contribution >= 0.6 is 0 Å². The van der Waals surface area contributed by atoms with E-state index >= 15 is 0 Å². The second-order valence-corrected chi connectivity index (χ2v) is 6.15. The van der Waals surface area contributed by atoms with E-state index in [1.807, 2.05) is 18.2 Å². The van der Waals surface area contributed by atoms with Crippen LogP contribution in [0.4, 0.5) is 19.3 Å². The van der Waals surface area contributed by atoms with Crippen LogP contribution in [0.15, 0.2) is 48.5 Å². The maximum Gasteiger partial charge on any atom is 0.322 e. The van der Waals surface area contributed by atoms with Gasteiger partial charge in [0.15, 0.2) is 0 Å². The van der Waals surface area contributed by atoms with Crippen LogP contribution in [0.3, 0.4) is 0 Å². The summed E-state index contributed by atoms with van der Waals surface area (Å²) in [5.41, 5.74) is 0.919. The van der Waals surface area contributed by atoms with Crippen molar-refractivity contribution in [3.63, 3.8) is 0 Å². The fraction of sp³-hybridized carbons (Fsp3) is 0.316. The van der Waals surface area contributed by atoms with Gasteiger partial charge in [0.05, 0.1) is 0 Å².